The number of rotatable bonds is 8. The first-order chi connectivity index (χ1) is 12.5. The van der Waals surface area contributed by atoms with Crippen LogP contribution in [0.5, 0.6) is 0 Å². The van der Waals surface area contributed by atoms with Crippen molar-refractivity contribution in [1.29, 1.82) is 0 Å². The molecule has 2 heterocycles. The minimum atomic E-state index is -0.297. The minimum absolute atomic E-state index is 0.265. The first kappa shape index (κ1) is 18.3. The zero-order valence-electron chi connectivity index (χ0n) is 15.1. The highest BCUT2D eigenvalue weighted by Crippen LogP contribution is 2.24. The van der Waals surface area contributed by atoms with E-state index in [-0.39, 0.29) is 11.9 Å². The maximum Gasteiger partial charge on any atom is 0.217 e. The molecule has 7 heteroatoms. The van der Waals surface area contributed by atoms with Crippen molar-refractivity contribution in [3.8, 4) is 17.3 Å². The van der Waals surface area contributed by atoms with E-state index in [0.717, 1.165) is 31.5 Å². The van der Waals surface area contributed by atoms with Crippen LogP contribution in [0.2, 0.25) is 0 Å². The highest BCUT2D eigenvalue weighted by Gasteiger charge is 2.20. The summed E-state index contributed by atoms with van der Waals surface area (Å²) in [5, 5.41) is 4.53. The fourth-order valence-corrected chi connectivity index (χ4v) is 2.77. The minimum Gasteiger partial charge on any atom is -0.461 e. The van der Waals surface area contributed by atoms with Crippen LogP contribution in [0.4, 0.5) is 4.39 Å². The summed E-state index contributed by atoms with van der Waals surface area (Å²) in [4.78, 5) is 6.75. The molecule has 1 atom stereocenters. The highest BCUT2D eigenvalue weighted by atomic mass is 19.1. The van der Waals surface area contributed by atoms with E-state index in [4.69, 9.17) is 10.2 Å². The quantitative estimate of drug-likeness (QED) is 0.626. The van der Waals surface area contributed by atoms with Gasteiger partial charge in [0.05, 0.1) is 18.0 Å². The van der Waals surface area contributed by atoms with Crippen LogP contribution < -0.4 is 5.73 Å². The van der Waals surface area contributed by atoms with Crippen LogP contribution in [0.15, 0.2) is 47.1 Å². The summed E-state index contributed by atoms with van der Waals surface area (Å²) in [6, 6.07) is 9.45. The van der Waals surface area contributed by atoms with E-state index in [9.17, 15) is 4.39 Å². The van der Waals surface area contributed by atoms with Gasteiger partial charge in [-0.1, -0.05) is 6.42 Å². The summed E-state index contributed by atoms with van der Waals surface area (Å²) in [5.41, 5.74) is 7.12. The van der Waals surface area contributed by atoms with Crippen molar-refractivity contribution in [2.45, 2.75) is 25.3 Å². The van der Waals surface area contributed by atoms with Crippen molar-refractivity contribution in [2.75, 3.05) is 20.6 Å². The summed E-state index contributed by atoms with van der Waals surface area (Å²) in [6.07, 6.45) is 4.43. The van der Waals surface area contributed by atoms with Crippen molar-refractivity contribution in [2.24, 2.45) is 5.73 Å². The summed E-state index contributed by atoms with van der Waals surface area (Å²) in [6.45, 7) is 1.02. The van der Waals surface area contributed by atoms with Gasteiger partial charge in [-0.05, 0) is 69.9 Å². The largest absolute Gasteiger partial charge is 0.461 e. The van der Waals surface area contributed by atoms with Gasteiger partial charge in [-0.25, -0.2) is 14.1 Å². The van der Waals surface area contributed by atoms with E-state index in [1.54, 1.807) is 35.2 Å². The highest BCUT2D eigenvalue weighted by molar-refractivity contribution is 5.47. The molecule has 0 radical (unpaired) electrons. The van der Waals surface area contributed by atoms with E-state index in [1.807, 2.05) is 0 Å². The molecule has 0 saturated heterocycles. The number of halogens is 1. The molecule has 0 unspecified atom stereocenters. The molecule has 2 N–H and O–H groups in total. The first-order valence-corrected chi connectivity index (χ1v) is 8.71. The van der Waals surface area contributed by atoms with Gasteiger partial charge in [0, 0.05) is 0 Å². The number of furan rings is 1. The third kappa shape index (κ3) is 4.36. The lowest BCUT2D eigenvalue weighted by atomic mass is 10.1. The van der Waals surface area contributed by atoms with Gasteiger partial charge in [0.15, 0.2) is 5.76 Å². The molecule has 0 aliphatic carbocycles. The van der Waals surface area contributed by atoms with Gasteiger partial charge >= 0.3 is 0 Å². The predicted octanol–water partition coefficient (Wildman–Crippen LogP) is 3.40. The van der Waals surface area contributed by atoms with Crippen LogP contribution in [0.3, 0.4) is 0 Å². The Morgan fingerprint density at radius 2 is 1.96 bits per heavy atom. The van der Waals surface area contributed by atoms with Gasteiger partial charge in [0.2, 0.25) is 5.82 Å². The zero-order valence-corrected chi connectivity index (χ0v) is 15.1. The van der Waals surface area contributed by atoms with Gasteiger partial charge in [-0.3, -0.25) is 0 Å². The second-order valence-corrected chi connectivity index (χ2v) is 6.56. The number of nitrogens with zero attached hydrogens (tertiary/aromatic N) is 4. The fourth-order valence-electron chi connectivity index (χ4n) is 2.77. The summed E-state index contributed by atoms with van der Waals surface area (Å²) < 4.78 is 20.3. The number of nitrogens with two attached hydrogens (primary N) is 1. The lowest BCUT2D eigenvalue weighted by Crippen LogP contribution is -2.18. The molecule has 6 nitrogen and oxygen atoms in total. The maximum atomic E-state index is 13.3. The van der Waals surface area contributed by atoms with Crippen LogP contribution in [-0.2, 0) is 0 Å². The first-order valence-electron chi connectivity index (χ1n) is 8.71. The molecule has 0 fully saturated rings. The average molecular weight is 357 g/mol. The van der Waals surface area contributed by atoms with Crippen molar-refractivity contribution in [1.82, 2.24) is 19.7 Å². The number of unbranched alkanes of at least 4 members (excludes halogenated alkanes) is 1. The van der Waals surface area contributed by atoms with Gasteiger partial charge in [0.1, 0.15) is 11.6 Å². The fraction of sp³-hybridized carbons (Fsp3) is 0.368. The van der Waals surface area contributed by atoms with Gasteiger partial charge in [-0.2, -0.15) is 0 Å². The molecule has 0 aliphatic rings. The molecule has 0 saturated carbocycles. The smallest absolute Gasteiger partial charge is 0.217 e. The SMILES string of the molecule is CN(C)CCCC[C@H](N)c1nc(-c2ccco2)nn1-c1ccc(F)cc1. The number of aromatic nitrogens is 3. The number of hydrogen-bond acceptors (Lipinski definition) is 5. The molecule has 0 aliphatic heterocycles. The van der Waals surface area contributed by atoms with E-state index >= 15 is 0 Å². The molecule has 26 heavy (non-hydrogen) atoms. The molecular formula is C19H24FN5O. The van der Waals surface area contributed by atoms with Crippen molar-refractivity contribution < 1.29 is 8.81 Å². The average Bonchev–Trinajstić information content (AvgIpc) is 3.28. The second-order valence-electron chi connectivity index (χ2n) is 6.56. The van der Waals surface area contributed by atoms with Gasteiger partial charge in [-0.15, -0.1) is 5.10 Å². The lowest BCUT2D eigenvalue weighted by molar-refractivity contribution is 0.386. The van der Waals surface area contributed by atoms with Crippen LogP contribution >= 0.6 is 0 Å². The monoisotopic (exact) mass is 357 g/mol. The molecule has 2 aromatic heterocycles. The Hall–Kier alpha value is -2.51. The molecule has 0 spiro atoms. The number of benzene rings is 1. The molecular weight excluding hydrogens is 333 g/mol. The molecule has 3 aromatic rings. The molecule has 0 bridgehead atoms. The Balaban J connectivity index is 1.85. The Kier molecular flexibility index (Phi) is 5.80. The zero-order chi connectivity index (χ0) is 18.5. The van der Waals surface area contributed by atoms with E-state index < -0.39 is 0 Å². The standard InChI is InChI=1S/C19H24FN5O/c1-24(2)12-4-3-6-16(21)19-22-18(17-7-5-13-26-17)23-25(19)15-10-8-14(20)9-11-15/h5,7-11,13,16H,3-4,6,12,21H2,1-2H3/t16-/m0/s1. The Bertz CT molecular complexity index is 811. The third-order valence-corrected chi connectivity index (χ3v) is 4.15. The molecule has 138 valence electrons. The van der Waals surface area contributed by atoms with Crippen LogP contribution in [0, 0.1) is 5.82 Å². The Morgan fingerprint density at radius 3 is 2.62 bits per heavy atom. The van der Waals surface area contributed by atoms with Crippen molar-refractivity contribution >= 4 is 0 Å². The normalized spacial score (nSPS) is 12.7. The topological polar surface area (TPSA) is 73.1 Å². The van der Waals surface area contributed by atoms with Crippen LogP contribution in [-0.4, -0.2) is 40.3 Å². The van der Waals surface area contributed by atoms with Crippen LogP contribution in [0.1, 0.15) is 31.1 Å². The molecule has 3 rings (SSSR count). The molecule has 1 aromatic carbocycles. The van der Waals surface area contributed by atoms with Gasteiger partial charge < -0.3 is 15.1 Å². The lowest BCUT2D eigenvalue weighted by Gasteiger charge is -2.14. The summed E-state index contributed by atoms with van der Waals surface area (Å²) in [5.74, 6) is 1.40. The van der Waals surface area contributed by atoms with E-state index in [1.165, 1.54) is 12.1 Å². The Morgan fingerprint density at radius 1 is 1.19 bits per heavy atom. The number of hydrogen-bond donors (Lipinski definition) is 1. The van der Waals surface area contributed by atoms with Crippen molar-refractivity contribution in [3.63, 3.8) is 0 Å². The molecule has 0 amide bonds. The third-order valence-electron chi connectivity index (χ3n) is 4.15. The van der Waals surface area contributed by atoms with Crippen molar-refractivity contribution in [3.05, 3.63) is 54.3 Å². The second kappa shape index (κ2) is 8.25. The predicted molar refractivity (Wildman–Crippen MR) is 98.4 cm³/mol. The Labute approximate surface area is 152 Å². The summed E-state index contributed by atoms with van der Waals surface area (Å²) in [7, 11) is 4.11. The van der Waals surface area contributed by atoms with Gasteiger partial charge in [0.25, 0.3) is 0 Å². The van der Waals surface area contributed by atoms with E-state index in [2.05, 4.69) is 29.1 Å². The summed E-state index contributed by atoms with van der Waals surface area (Å²) >= 11 is 0. The maximum absolute atomic E-state index is 13.3. The van der Waals surface area contributed by atoms with Crippen LogP contribution in [0.25, 0.3) is 17.3 Å². The van der Waals surface area contributed by atoms with E-state index in [0.29, 0.717) is 17.4 Å².